The van der Waals surface area contributed by atoms with Gasteiger partial charge in [0, 0.05) is 27.7 Å². The van der Waals surface area contributed by atoms with E-state index in [0.717, 1.165) is 13.8 Å². The second-order valence-electron chi connectivity index (χ2n) is 5.46. The molecule has 0 aromatic heterocycles. The molecule has 0 aromatic rings. The van der Waals surface area contributed by atoms with Crippen LogP contribution in [0.1, 0.15) is 27.7 Å². The van der Waals surface area contributed by atoms with E-state index in [2.05, 4.69) is 27.7 Å². The quantitative estimate of drug-likeness (QED) is 0.283. The zero-order valence-electron chi connectivity index (χ0n) is 14.7. The van der Waals surface area contributed by atoms with Crippen LogP contribution >= 0.6 is 12.2 Å². The summed E-state index contributed by atoms with van der Waals surface area (Å²) in [5.74, 6) is -2.40. The van der Waals surface area contributed by atoms with Gasteiger partial charge < -0.3 is 24.3 Å². The molecule has 1 aliphatic rings. The van der Waals surface area contributed by atoms with Gasteiger partial charge in [0.15, 0.2) is 18.4 Å². The SMILES string of the molecule is CC(=O)NC1C(N=C=S)OC(COC(C)=O)C(OC(C)=O)C1OC(C)=O. The van der Waals surface area contributed by atoms with Gasteiger partial charge in [-0.25, -0.2) is 0 Å². The molecule has 11 heteroatoms. The number of amides is 1. The Kier molecular flexibility index (Phi) is 8.30. The van der Waals surface area contributed by atoms with Gasteiger partial charge in [0.2, 0.25) is 5.91 Å². The van der Waals surface area contributed by atoms with Crippen molar-refractivity contribution in [3.8, 4) is 0 Å². The number of rotatable bonds is 6. The summed E-state index contributed by atoms with van der Waals surface area (Å²) >= 11 is 4.58. The van der Waals surface area contributed by atoms with Gasteiger partial charge in [0.1, 0.15) is 18.8 Å². The lowest BCUT2D eigenvalue weighted by Gasteiger charge is -2.43. The molecule has 0 aromatic carbocycles. The molecule has 0 bridgehead atoms. The Morgan fingerprint density at radius 1 is 1.04 bits per heavy atom. The van der Waals surface area contributed by atoms with Crippen LogP contribution < -0.4 is 5.32 Å². The van der Waals surface area contributed by atoms with Crippen molar-refractivity contribution < 1.29 is 38.1 Å². The van der Waals surface area contributed by atoms with Crippen molar-refractivity contribution in [2.24, 2.45) is 4.99 Å². The molecule has 26 heavy (non-hydrogen) atoms. The van der Waals surface area contributed by atoms with E-state index in [1.165, 1.54) is 13.8 Å². The highest BCUT2D eigenvalue weighted by molar-refractivity contribution is 7.78. The van der Waals surface area contributed by atoms with Gasteiger partial charge in [-0.1, -0.05) is 0 Å². The first kappa shape index (κ1) is 21.7. The molecule has 0 spiro atoms. The third-order valence-corrected chi connectivity index (χ3v) is 3.38. The minimum Gasteiger partial charge on any atom is -0.463 e. The number of hydrogen-bond donors (Lipinski definition) is 1. The summed E-state index contributed by atoms with van der Waals surface area (Å²) in [6, 6.07) is -0.996. The van der Waals surface area contributed by atoms with E-state index >= 15 is 0 Å². The zero-order chi connectivity index (χ0) is 19.9. The first-order valence-electron chi connectivity index (χ1n) is 7.63. The van der Waals surface area contributed by atoms with E-state index in [9.17, 15) is 19.2 Å². The van der Waals surface area contributed by atoms with Crippen molar-refractivity contribution >= 4 is 41.2 Å². The molecule has 144 valence electrons. The molecule has 10 nitrogen and oxygen atoms in total. The summed E-state index contributed by atoms with van der Waals surface area (Å²) in [6.07, 6.45) is -4.39. The van der Waals surface area contributed by atoms with Gasteiger partial charge in [-0.15, -0.1) is 0 Å². The van der Waals surface area contributed by atoms with Crippen LogP contribution in [0.3, 0.4) is 0 Å². The van der Waals surface area contributed by atoms with Gasteiger partial charge in [-0.2, -0.15) is 4.99 Å². The molecule has 1 saturated heterocycles. The van der Waals surface area contributed by atoms with Crippen LogP contribution in [0.5, 0.6) is 0 Å². The third-order valence-electron chi connectivity index (χ3n) is 3.27. The molecule has 1 aliphatic heterocycles. The number of nitrogens with zero attached hydrogens (tertiary/aromatic N) is 1. The van der Waals surface area contributed by atoms with Crippen molar-refractivity contribution in [2.75, 3.05) is 6.61 Å². The summed E-state index contributed by atoms with van der Waals surface area (Å²) in [6.45, 7) is 4.46. The summed E-state index contributed by atoms with van der Waals surface area (Å²) in [4.78, 5) is 49.5. The van der Waals surface area contributed by atoms with Crippen LogP contribution in [-0.2, 0) is 38.1 Å². The Morgan fingerprint density at radius 3 is 2.08 bits per heavy atom. The highest BCUT2D eigenvalue weighted by Gasteiger charge is 2.50. The lowest BCUT2D eigenvalue weighted by Crippen LogP contribution is -2.65. The Morgan fingerprint density at radius 2 is 1.62 bits per heavy atom. The molecule has 1 fully saturated rings. The number of hydrogen-bond acceptors (Lipinski definition) is 10. The van der Waals surface area contributed by atoms with Crippen molar-refractivity contribution in [1.82, 2.24) is 5.32 Å². The normalized spacial score (nSPS) is 27.5. The van der Waals surface area contributed by atoms with E-state index in [4.69, 9.17) is 18.9 Å². The molecule has 1 amide bonds. The van der Waals surface area contributed by atoms with Gasteiger partial charge in [0.05, 0.1) is 5.16 Å². The van der Waals surface area contributed by atoms with E-state index in [-0.39, 0.29) is 6.61 Å². The molecule has 5 unspecified atom stereocenters. The summed E-state index contributed by atoms with van der Waals surface area (Å²) in [5, 5.41) is 4.67. The van der Waals surface area contributed by atoms with Crippen molar-refractivity contribution in [2.45, 2.75) is 58.3 Å². The predicted octanol–water partition coefficient (Wildman–Crippen LogP) is -0.255. The lowest BCUT2D eigenvalue weighted by molar-refractivity contribution is -0.222. The minimum atomic E-state index is -1.15. The van der Waals surface area contributed by atoms with Crippen LogP contribution in [-0.4, -0.2) is 66.2 Å². The predicted molar refractivity (Wildman–Crippen MR) is 89.0 cm³/mol. The molecule has 5 atom stereocenters. The fraction of sp³-hybridized carbons (Fsp3) is 0.667. The Labute approximate surface area is 155 Å². The minimum absolute atomic E-state index is 0.290. The summed E-state index contributed by atoms with van der Waals surface area (Å²) in [5.41, 5.74) is 0. The Hall–Kier alpha value is -2.36. The maximum Gasteiger partial charge on any atom is 0.303 e. The Balaban J connectivity index is 3.28. The molecular formula is C15H20N2O8S. The van der Waals surface area contributed by atoms with Crippen molar-refractivity contribution in [1.29, 1.82) is 0 Å². The van der Waals surface area contributed by atoms with Crippen LogP contribution in [0.4, 0.5) is 0 Å². The maximum absolute atomic E-state index is 11.5. The van der Waals surface area contributed by atoms with E-state index in [0.29, 0.717) is 0 Å². The third kappa shape index (κ3) is 6.51. The number of ether oxygens (including phenoxy) is 4. The molecule has 1 heterocycles. The molecular weight excluding hydrogens is 368 g/mol. The highest BCUT2D eigenvalue weighted by Crippen LogP contribution is 2.27. The second-order valence-corrected chi connectivity index (χ2v) is 5.65. The van der Waals surface area contributed by atoms with E-state index in [1.807, 2.05) is 0 Å². The van der Waals surface area contributed by atoms with Crippen LogP contribution in [0.2, 0.25) is 0 Å². The van der Waals surface area contributed by atoms with Crippen molar-refractivity contribution in [3.05, 3.63) is 0 Å². The summed E-state index contributed by atoms with van der Waals surface area (Å²) < 4.78 is 21.1. The second kappa shape index (κ2) is 9.95. The molecule has 1 rings (SSSR count). The fourth-order valence-electron chi connectivity index (χ4n) is 2.47. The van der Waals surface area contributed by atoms with Gasteiger partial charge in [0.25, 0.3) is 0 Å². The van der Waals surface area contributed by atoms with Gasteiger partial charge in [-0.05, 0) is 12.2 Å². The smallest absolute Gasteiger partial charge is 0.303 e. The first-order chi connectivity index (χ1) is 12.1. The average Bonchev–Trinajstić information content (AvgIpc) is 2.50. The number of nitrogens with one attached hydrogen (secondary N) is 1. The highest BCUT2D eigenvalue weighted by atomic mass is 32.1. The summed E-state index contributed by atoms with van der Waals surface area (Å²) in [7, 11) is 0. The number of esters is 3. The standard InChI is InChI=1S/C15H20N2O8S/c1-7(18)17-12-14(24-10(4)21)13(23-9(3)20)11(5-22-8(2)19)25-15(12)16-6-26/h11-15H,5H2,1-4H3,(H,17,18). The number of carbonyl (C=O) groups is 4. The molecule has 0 saturated carbocycles. The number of aliphatic imine (C=N–C) groups is 1. The average molecular weight is 388 g/mol. The van der Waals surface area contributed by atoms with Crippen LogP contribution in [0.25, 0.3) is 0 Å². The largest absolute Gasteiger partial charge is 0.463 e. The number of carbonyl (C=O) groups excluding carboxylic acids is 4. The topological polar surface area (TPSA) is 130 Å². The van der Waals surface area contributed by atoms with Gasteiger partial charge >= 0.3 is 17.9 Å². The fourth-order valence-corrected chi connectivity index (χ4v) is 2.57. The molecule has 1 N–H and O–H groups in total. The number of thiocarbonyl (C=S) groups is 1. The first-order valence-corrected chi connectivity index (χ1v) is 8.03. The molecule has 0 radical (unpaired) electrons. The maximum atomic E-state index is 11.5. The number of isothiocyanates is 1. The van der Waals surface area contributed by atoms with Gasteiger partial charge in [-0.3, -0.25) is 19.2 Å². The molecule has 0 aliphatic carbocycles. The van der Waals surface area contributed by atoms with Crippen LogP contribution in [0, 0.1) is 0 Å². The van der Waals surface area contributed by atoms with Crippen molar-refractivity contribution in [3.63, 3.8) is 0 Å². The van der Waals surface area contributed by atoms with E-state index in [1.54, 1.807) is 0 Å². The van der Waals surface area contributed by atoms with Crippen LogP contribution in [0.15, 0.2) is 4.99 Å². The van der Waals surface area contributed by atoms with E-state index < -0.39 is 54.4 Å². The monoisotopic (exact) mass is 388 g/mol. The zero-order valence-corrected chi connectivity index (χ0v) is 15.5. The lowest BCUT2D eigenvalue weighted by atomic mass is 9.95. The Bertz CT molecular complexity index is 619.